The molecule has 4 nitrogen and oxygen atoms in total. The fraction of sp³-hybridized carbons (Fsp3) is 0.636. The van der Waals surface area contributed by atoms with Crippen LogP contribution in [0, 0.1) is 5.92 Å². The minimum Gasteiger partial charge on any atom is -0.477 e. The van der Waals surface area contributed by atoms with Crippen LogP contribution in [0.15, 0.2) is 0 Å². The van der Waals surface area contributed by atoms with Gasteiger partial charge in [0.05, 0.1) is 5.69 Å². The first-order chi connectivity index (χ1) is 7.61. The van der Waals surface area contributed by atoms with Gasteiger partial charge in [-0.15, -0.1) is 0 Å². The van der Waals surface area contributed by atoms with Gasteiger partial charge < -0.3 is 10.0 Å². The molecule has 0 aliphatic carbocycles. The normalized spacial score (nSPS) is 20.4. The lowest BCUT2D eigenvalue weighted by molar-refractivity contribution is 0.0701. The molecular formula is C11H16N2O2S. The second-order valence-electron chi connectivity index (χ2n) is 4.27. The van der Waals surface area contributed by atoms with E-state index in [0.29, 0.717) is 22.9 Å². The van der Waals surface area contributed by atoms with Gasteiger partial charge in [0.1, 0.15) is 4.88 Å². The predicted molar refractivity (Wildman–Crippen MR) is 64.4 cm³/mol. The second kappa shape index (κ2) is 4.41. The quantitative estimate of drug-likeness (QED) is 0.880. The molecule has 1 N–H and O–H groups in total. The minimum absolute atomic E-state index is 0.400. The van der Waals surface area contributed by atoms with Crippen LogP contribution in [-0.4, -0.2) is 29.1 Å². The molecule has 1 fully saturated rings. The summed E-state index contributed by atoms with van der Waals surface area (Å²) in [6, 6.07) is 0. The van der Waals surface area contributed by atoms with Crippen molar-refractivity contribution in [3.63, 3.8) is 0 Å². The fourth-order valence-corrected chi connectivity index (χ4v) is 3.02. The van der Waals surface area contributed by atoms with Crippen molar-refractivity contribution >= 4 is 22.4 Å². The molecule has 0 saturated carbocycles. The second-order valence-corrected chi connectivity index (χ2v) is 5.25. The van der Waals surface area contributed by atoms with Gasteiger partial charge in [0.15, 0.2) is 5.13 Å². The summed E-state index contributed by atoms with van der Waals surface area (Å²) in [6.07, 6.45) is 1.85. The maximum Gasteiger partial charge on any atom is 0.347 e. The topological polar surface area (TPSA) is 53.4 Å². The molecule has 2 heterocycles. The van der Waals surface area contributed by atoms with Crippen molar-refractivity contribution in [3.05, 3.63) is 10.6 Å². The van der Waals surface area contributed by atoms with Crippen molar-refractivity contribution in [2.24, 2.45) is 5.92 Å². The lowest BCUT2D eigenvalue weighted by Crippen LogP contribution is -2.18. The first-order valence-corrected chi connectivity index (χ1v) is 6.41. The first kappa shape index (κ1) is 11.4. The van der Waals surface area contributed by atoms with Gasteiger partial charge in [-0.3, -0.25) is 0 Å². The number of rotatable bonds is 3. The van der Waals surface area contributed by atoms with Crippen molar-refractivity contribution in [1.82, 2.24) is 4.98 Å². The third-order valence-corrected chi connectivity index (χ3v) is 4.06. The zero-order valence-corrected chi connectivity index (χ0v) is 10.4. The van der Waals surface area contributed by atoms with Crippen LogP contribution in [0.25, 0.3) is 0 Å². The molecule has 0 aromatic carbocycles. The molecule has 1 aliphatic heterocycles. The maximum atomic E-state index is 11.0. The van der Waals surface area contributed by atoms with E-state index in [1.807, 2.05) is 6.92 Å². The summed E-state index contributed by atoms with van der Waals surface area (Å²) < 4.78 is 0. The molecule has 0 bridgehead atoms. The Balaban J connectivity index is 2.25. The van der Waals surface area contributed by atoms with Crippen LogP contribution in [0.2, 0.25) is 0 Å². The van der Waals surface area contributed by atoms with Crippen molar-refractivity contribution in [1.29, 1.82) is 0 Å². The highest BCUT2D eigenvalue weighted by Gasteiger charge is 2.24. The summed E-state index contributed by atoms with van der Waals surface area (Å²) in [5, 5.41) is 9.93. The van der Waals surface area contributed by atoms with Crippen molar-refractivity contribution in [2.75, 3.05) is 18.0 Å². The number of carboxylic acids is 1. The van der Waals surface area contributed by atoms with Crippen LogP contribution >= 0.6 is 11.3 Å². The first-order valence-electron chi connectivity index (χ1n) is 5.59. The van der Waals surface area contributed by atoms with Gasteiger partial charge in [-0.1, -0.05) is 25.2 Å². The van der Waals surface area contributed by atoms with Gasteiger partial charge in [-0.25, -0.2) is 9.78 Å². The summed E-state index contributed by atoms with van der Waals surface area (Å²) in [5.74, 6) is -0.171. The molecular weight excluding hydrogens is 224 g/mol. The number of thiazole rings is 1. The summed E-state index contributed by atoms with van der Waals surface area (Å²) in [5.41, 5.74) is 0.715. The van der Waals surface area contributed by atoms with Crippen LogP contribution in [0.3, 0.4) is 0 Å². The molecule has 1 aromatic heterocycles. The Morgan fingerprint density at radius 1 is 1.69 bits per heavy atom. The van der Waals surface area contributed by atoms with E-state index in [1.54, 1.807) is 0 Å². The Bertz CT molecular complexity index is 403. The van der Waals surface area contributed by atoms with Crippen LogP contribution in [0.4, 0.5) is 5.13 Å². The third kappa shape index (κ3) is 2.04. The Morgan fingerprint density at radius 3 is 2.88 bits per heavy atom. The number of anilines is 1. The number of carbonyl (C=O) groups is 1. The van der Waals surface area contributed by atoms with Crippen molar-refractivity contribution in [3.8, 4) is 0 Å². The van der Waals surface area contributed by atoms with Crippen LogP contribution in [0.1, 0.15) is 35.6 Å². The van der Waals surface area contributed by atoms with Crippen LogP contribution < -0.4 is 4.90 Å². The lowest BCUT2D eigenvalue weighted by Gasteiger charge is -2.13. The molecule has 2 rings (SSSR count). The average Bonchev–Trinajstić information content (AvgIpc) is 2.82. The highest BCUT2D eigenvalue weighted by Crippen LogP contribution is 2.30. The molecule has 1 aliphatic rings. The van der Waals surface area contributed by atoms with Gasteiger partial charge in [-0.2, -0.15) is 0 Å². The van der Waals surface area contributed by atoms with E-state index in [4.69, 9.17) is 5.11 Å². The Hall–Kier alpha value is -1.10. The molecule has 1 aromatic rings. The lowest BCUT2D eigenvalue weighted by atomic mass is 10.2. The molecule has 1 atom stereocenters. The van der Waals surface area contributed by atoms with E-state index in [-0.39, 0.29) is 0 Å². The molecule has 1 unspecified atom stereocenters. The predicted octanol–water partition coefficient (Wildman–Crippen LogP) is 2.25. The molecule has 0 spiro atoms. The highest BCUT2D eigenvalue weighted by atomic mass is 32.1. The SMILES string of the molecule is CCc1nc(N2CCC(C)C2)sc1C(=O)O. The van der Waals surface area contributed by atoms with Crippen LogP contribution in [-0.2, 0) is 6.42 Å². The number of aromatic carboxylic acids is 1. The highest BCUT2D eigenvalue weighted by molar-refractivity contribution is 7.17. The number of aryl methyl sites for hydroxylation is 1. The number of aromatic nitrogens is 1. The molecule has 88 valence electrons. The monoisotopic (exact) mass is 240 g/mol. The van der Waals surface area contributed by atoms with Crippen molar-refractivity contribution in [2.45, 2.75) is 26.7 Å². The summed E-state index contributed by atoms with van der Waals surface area (Å²) in [6.45, 7) is 6.15. The summed E-state index contributed by atoms with van der Waals surface area (Å²) >= 11 is 1.31. The standard InChI is InChI=1S/C11H16N2O2S/c1-3-8-9(10(14)15)16-11(12-8)13-5-4-7(2)6-13/h7H,3-6H2,1-2H3,(H,14,15). The molecule has 5 heteroatoms. The summed E-state index contributed by atoms with van der Waals surface area (Å²) in [7, 11) is 0. The zero-order chi connectivity index (χ0) is 11.7. The average molecular weight is 240 g/mol. The van der Waals surface area contributed by atoms with E-state index in [9.17, 15) is 4.79 Å². The number of hydrogen-bond acceptors (Lipinski definition) is 4. The molecule has 16 heavy (non-hydrogen) atoms. The Kier molecular flexibility index (Phi) is 3.14. The number of hydrogen-bond donors (Lipinski definition) is 1. The van der Waals surface area contributed by atoms with Gasteiger partial charge in [0.25, 0.3) is 0 Å². The smallest absolute Gasteiger partial charge is 0.347 e. The van der Waals surface area contributed by atoms with Gasteiger partial charge in [0, 0.05) is 13.1 Å². The van der Waals surface area contributed by atoms with E-state index in [1.165, 1.54) is 17.8 Å². The summed E-state index contributed by atoms with van der Waals surface area (Å²) in [4.78, 5) is 18.1. The fourth-order valence-electron chi connectivity index (χ4n) is 1.99. The molecule has 1 saturated heterocycles. The molecule has 0 radical (unpaired) electrons. The van der Waals surface area contributed by atoms with E-state index in [2.05, 4.69) is 16.8 Å². The van der Waals surface area contributed by atoms with Crippen LogP contribution in [0.5, 0.6) is 0 Å². The van der Waals surface area contributed by atoms with Gasteiger partial charge in [-0.05, 0) is 18.8 Å². The largest absolute Gasteiger partial charge is 0.477 e. The van der Waals surface area contributed by atoms with E-state index in [0.717, 1.165) is 18.2 Å². The Labute approximate surface area is 98.9 Å². The van der Waals surface area contributed by atoms with E-state index >= 15 is 0 Å². The third-order valence-electron chi connectivity index (χ3n) is 2.91. The zero-order valence-electron chi connectivity index (χ0n) is 9.56. The number of carboxylic acid groups (broad SMARTS) is 1. The number of nitrogens with zero attached hydrogens (tertiary/aromatic N) is 2. The maximum absolute atomic E-state index is 11.0. The van der Waals surface area contributed by atoms with Crippen molar-refractivity contribution < 1.29 is 9.90 Å². The molecule has 0 amide bonds. The van der Waals surface area contributed by atoms with Gasteiger partial charge in [0.2, 0.25) is 0 Å². The van der Waals surface area contributed by atoms with E-state index < -0.39 is 5.97 Å². The van der Waals surface area contributed by atoms with Gasteiger partial charge >= 0.3 is 5.97 Å². The minimum atomic E-state index is -0.854. The Morgan fingerprint density at radius 2 is 2.44 bits per heavy atom.